The first-order chi connectivity index (χ1) is 14.2. The summed E-state index contributed by atoms with van der Waals surface area (Å²) in [7, 11) is -5.99. The number of ether oxygens (including phenoxy) is 1. The van der Waals surface area contributed by atoms with E-state index in [1.165, 1.54) is 31.4 Å². The number of benzene rings is 3. The maximum absolute atomic E-state index is 12.6. The van der Waals surface area contributed by atoms with Gasteiger partial charge >= 0.3 is 0 Å². The predicted molar refractivity (Wildman–Crippen MR) is 118 cm³/mol. The fraction of sp³-hybridized carbons (Fsp3) is 0.143. The van der Waals surface area contributed by atoms with Gasteiger partial charge in [-0.3, -0.25) is 9.44 Å². The van der Waals surface area contributed by atoms with Crippen molar-refractivity contribution in [2.24, 2.45) is 0 Å². The molecule has 0 saturated carbocycles. The highest BCUT2D eigenvalue weighted by Crippen LogP contribution is 2.22. The number of hydrogen-bond donors (Lipinski definition) is 2. The summed E-state index contributed by atoms with van der Waals surface area (Å²) in [5, 5.41) is 0. The summed E-state index contributed by atoms with van der Waals surface area (Å²) in [6.45, 7) is 1.85. The van der Waals surface area contributed by atoms with Crippen molar-refractivity contribution >= 4 is 31.4 Å². The highest BCUT2D eigenvalue weighted by Gasteiger charge is 2.17. The first kappa shape index (κ1) is 21.7. The van der Waals surface area contributed by atoms with Crippen molar-refractivity contribution < 1.29 is 21.6 Å². The Morgan fingerprint density at radius 2 is 1.50 bits per heavy atom. The molecule has 0 bridgehead atoms. The Morgan fingerprint density at radius 3 is 2.17 bits per heavy atom. The number of nitrogens with one attached hydrogen (secondary N) is 2. The zero-order valence-electron chi connectivity index (χ0n) is 16.5. The Labute approximate surface area is 176 Å². The van der Waals surface area contributed by atoms with Gasteiger partial charge in [0, 0.05) is 11.8 Å². The maximum Gasteiger partial charge on any atom is 0.261 e. The number of methoxy groups -OCH3 is 1. The molecule has 3 aromatic rings. The summed E-state index contributed by atoms with van der Waals surface area (Å²) in [6.07, 6.45) is 0. The zero-order valence-corrected chi connectivity index (χ0v) is 18.1. The van der Waals surface area contributed by atoms with Crippen LogP contribution in [-0.2, 0) is 25.8 Å². The SMILES string of the molecule is COc1cccc(NS(=O)(=O)c2ccc(NS(=O)(=O)Cc3ccccc3C)cc2)c1. The largest absolute Gasteiger partial charge is 0.497 e. The van der Waals surface area contributed by atoms with E-state index < -0.39 is 20.0 Å². The second kappa shape index (κ2) is 8.76. The minimum Gasteiger partial charge on any atom is -0.497 e. The molecule has 2 N–H and O–H groups in total. The van der Waals surface area contributed by atoms with Crippen LogP contribution in [0.15, 0.2) is 77.7 Å². The van der Waals surface area contributed by atoms with Gasteiger partial charge in [0.1, 0.15) is 5.75 Å². The minimum atomic E-state index is -3.84. The summed E-state index contributed by atoms with van der Waals surface area (Å²) in [5.74, 6) is 0.352. The van der Waals surface area contributed by atoms with Crippen molar-refractivity contribution in [2.75, 3.05) is 16.6 Å². The zero-order chi connectivity index (χ0) is 21.8. The van der Waals surface area contributed by atoms with Gasteiger partial charge in [0.05, 0.1) is 23.4 Å². The average Bonchev–Trinajstić information content (AvgIpc) is 2.69. The van der Waals surface area contributed by atoms with Gasteiger partial charge in [0.2, 0.25) is 10.0 Å². The molecule has 30 heavy (non-hydrogen) atoms. The molecule has 0 spiro atoms. The Hall–Kier alpha value is -3.04. The van der Waals surface area contributed by atoms with Gasteiger partial charge in [-0.25, -0.2) is 16.8 Å². The molecule has 9 heteroatoms. The third-order valence-electron chi connectivity index (χ3n) is 4.37. The minimum absolute atomic E-state index is 0.00664. The quantitative estimate of drug-likeness (QED) is 0.549. The van der Waals surface area contributed by atoms with Crippen molar-refractivity contribution in [2.45, 2.75) is 17.6 Å². The van der Waals surface area contributed by atoms with Crippen molar-refractivity contribution in [3.8, 4) is 5.75 Å². The van der Waals surface area contributed by atoms with Crippen LogP contribution in [0, 0.1) is 6.92 Å². The molecule has 7 nitrogen and oxygen atoms in total. The standard InChI is InChI=1S/C21H22N2O5S2/c1-16-6-3-4-7-17(16)15-29(24,25)22-18-10-12-21(13-11-18)30(26,27)23-19-8-5-9-20(14-19)28-2/h3-14,22-23H,15H2,1-2H3. The second-order valence-corrected chi connectivity index (χ2v) is 10.1. The van der Waals surface area contributed by atoms with Gasteiger partial charge in [0.15, 0.2) is 0 Å². The summed E-state index contributed by atoms with van der Waals surface area (Å²) in [6, 6.07) is 19.3. The van der Waals surface area contributed by atoms with E-state index in [0.717, 1.165) is 5.56 Å². The number of rotatable bonds is 8. The molecule has 3 aromatic carbocycles. The first-order valence-corrected chi connectivity index (χ1v) is 12.1. The maximum atomic E-state index is 12.6. The molecule has 0 radical (unpaired) electrons. The van der Waals surface area contributed by atoms with Gasteiger partial charge in [-0.2, -0.15) is 0 Å². The summed E-state index contributed by atoms with van der Waals surface area (Å²) >= 11 is 0. The molecule has 0 heterocycles. The molecule has 0 unspecified atom stereocenters. The topological polar surface area (TPSA) is 102 Å². The van der Waals surface area contributed by atoms with Crippen LogP contribution < -0.4 is 14.2 Å². The molecule has 0 aliphatic rings. The lowest BCUT2D eigenvalue weighted by Crippen LogP contribution is -2.16. The van der Waals surface area contributed by atoms with E-state index in [-0.39, 0.29) is 16.3 Å². The highest BCUT2D eigenvalue weighted by atomic mass is 32.2. The average molecular weight is 447 g/mol. The second-order valence-electron chi connectivity index (χ2n) is 6.65. The number of aryl methyl sites for hydroxylation is 1. The number of anilines is 2. The molecule has 0 aliphatic carbocycles. The molecule has 0 aliphatic heterocycles. The lowest BCUT2D eigenvalue weighted by Gasteiger charge is -2.12. The molecule has 0 aromatic heterocycles. The Kier molecular flexibility index (Phi) is 6.33. The predicted octanol–water partition coefficient (Wildman–Crippen LogP) is 3.75. The molecule has 3 rings (SSSR count). The van der Waals surface area contributed by atoms with Crippen molar-refractivity contribution in [3.05, 3.63) is 83.9 Å². The van der Waals surface area contributed by atoms with Crippen LogP contribution >= 0.6 is 0 Å². The van der Waals surface area contributed by atoms with Crippen LogP contribution in [0.3, 0.4) is 0 Å². The third kappa shape index (κ3) is 5.52. The van der Waals surface area contributed by atoms with E-state index in [9.17, 15) is 16.8 Å². The van der Waals surface area contributed by atoms with Gasteiger partial charge in [0.25, 0.3) is 10.0 Å². The van der Waals surface area contributed by atoms with Crippen molar-refractivity contribution in [3.63, 3.8) is 0 Å². The monoisotopic (exact) mass is 446 g/mol. The van der Waals surface area contributed by atoms with Crippen molar-refractivity contribution in [1.82, 2.24) is 0 Å². The number of sulfonamides is 2. The van der Waals surface area contributed by atoms with Crippen LogP contribution in [-0.4, -0.2) is 23.9 Å². The fourth-order valence-electron chi connectivity index (χ4n) is 2.80. The van der Waals surface area contributed by atoms with E-state index in [0.29, 0.717) is 17.0 Å². The van der Waals surface area contributed by atoms with Gasteiger partial charge < -0.3 is 4.74 Å². The smallest absolute Gasteiger partial charge is 0.261 e. The molecule has 0 amide bonds. The van der Waals surface area contributed by atoms with Crippen LogP contribution in [0.25, 0.3) is 0 Å². The molecule has 0 saturated heterocycles. The molecule has 0 atom stereocenters. The Balaban J connectivity index is 1.73. The molecular weight excluding hydrogens is 424 g/mol. The van der Waals surface area contributed by atoms with Gasteiger partial charge in [-0.1, -0.05) is 30.3 Å². The van der Waals surface area contributed by atoms with E-state index in [4.69, 9.17) is 4.74 Å². The third-order valence-corrected chi connectivity index (χ3v) is 7.00. The van der Waals surface area contributed by atoms with E-state index in [1.807, 2.05) is 19.1 Å². The molecule has 158 valence electrons. The first-order valence-electron chi connectivity index (χ1n) is 9.00. The van der Waals surface area contributed by atoms with E-state index >= 15 is 0 Å². The number of hydrogen-bond acceptors (Lipinski definition) is 5. The summed E-state index contributed by atoms with van der Waals surface area (Å²) in [5.41, 5.74) is 2.22. The van der Waals surface area contributed by atoms with Gasteiger partial charge in [-0.15, -0.1) is 0 Å². The molecular formula is C21H22N2O5S2. The van der Waals surface area contributed by atoms with Crippen LogP contribution in [0.1, 0.15) is 11.1 Å². The van der Waals surface area contributed by atoms with Crippen LogP contribution in [0.4, 0.5) is 11.4 Å². The molecule has 0 fully saturated rings. The van der Waals surface area contributed by atoms with Crippen molar-refractivity contribution in [1.29, 1.82) is 0 Å². The van der Waals surface area contributed by atoms with Crippen LogP contribution in [0.2, 0.25) is 0 Å². The van der Waals surface area contributed by atoms with Gasteiger partial charge in [-0.05, 0) is 54.4 Å². The fourth-order valence-corrected chi connectivity index (χ4v) is 5.15. The summed E-state index contributed by atoms with van der Waals surface area (Å²) < 4.78 is 60.1. The lowest BCUT2D eigenvalue weighted by atomic mass is 10.1. The van der Waals surface area contributed by atoms with Crippen LogP contribution in [0.5, 0.6) is 5.75 Å². The normalized spacial score (nSPS) is 11.7. The summed E-state index contributed by atoms with van der Waals surface area (Å²) in [4.78, 5) is 0.00664. The Bertz CT molecular complexity index is 1240. The van der Waals surface area contributed by atoms with E-state index in [2.05, 4.69) is 9.44 Å². The Morgan fingerprint density at radius 1 is 0.800 bits per heavy atom. The highest BCUT2D eigenvalue weighted by molar-refractivity contribution is 7.92. The van der Waals surface area contributed by atoms with E-state index in [1.54, 1.807) is 36.4 Å². The lowest BCUT2D eigenvalue weighted by molar-refractivity contribution is 0.415.